The first kappa shape index (κ1) is 23.5. The monoisotopic (exact) mass is 690 g/mol. The smallest absolute Gasteiger partial charge is 0.0616 e. The SMILES string of the molecule is [2H]c1c([2H])c([2H])c2c(-c3cccc(-c4cc5ccc6ccccc6c5c5ccccc45)c3)c3c([2H])c([2H])c([2H])c([2H])c3c(-c3cccc(-c4cccc5ccccc45)c3)c2c1[2H]. The fraction of sp³-hybridized carbons (Fsp3) is 0. The molecule has 0 N–H and O–H groups in total. The molecule has 0 aromatic heterocycles. The molecule has 11 rings (SSSR count). The Balaban J connectivity index is 1.25. The van der Waals surface area contributed by atoms with E-state index in [0.29, 0.717) is 22.3 Å². The van der Waals surface area contributed by atoms with Crippen LogP contribution in [-0.2, 0) is 0 Å². The third kappa shape index (κ3) is 4.78. The third-order valence-corrected chi connectivity index (χ3v) is 10.8. The molecule has 0 heterocycles. The predicted molar refractivity (Wildman–Crippen MR) is 233 cm³/mol. The van der Waals surface area contributed by atoms with Gasteiger partial charge in [-0.1, -0.05) is 188 Å². The van der Waals surface area contributed by atoms with Crippen molar-refractivity contribution in [2.45, 2.75) is 0 Å². The number of hydrogen-bond acceptors (Lipinski definition) is 0. The van der Waals surface area contributed by atoms with E-state index < -0.39 is 24.2 Å². The van der Waals surface area contributed by atoms with E-state index in [1.807, 2.05) is 103 Å². The summed E-state index contributed by atoms with van der Waals surface area (Å²) < 4.78 is 73.9. The van der Waals surface area contributed by atoms with Crippen LogP contribution in [0.2, 0.25) is 0 Å². The second-order valence-corrected chi connectivity index (χ2v) is 13.8. The van der Waals surface area contributed by atoms with Gasteiger partial charge in [0.1, 0.15) is 0 Å². The van der Waals surface area contributed by atoms with Crippen LogP contribution in [0.5, 0.6) is 0 Å². The van der Waals surface area contributed by atoms with Crippen molar-refractivity contribution < 1.29 is 11.0 Å². The van der Waals surface area contributed by atoms with Crippen LogP contribution >= 0.6 is 0 Å². The zero-order chi connectivity index (χ0) is 42.6. The van der Waals surface area contributed by atoms with Crippen LogP contribution < -0.4 is 0 Å². The second-order valence-electron chi connectivity index (χ2n) is 13.8. The third-order valence-electron chi connectivity index (χ3n) is 10.8. The first-order chi connectivity index (χ1) is 30.1. The van der Waals surface area contributed by atoms with Gasteiger partial charge in [0.05, 0.1) is 11.0 Å². The van der Waals surface area contributed by atoms with E-state index in [4.69, 9.17) is 5.48 Å². The van der Waals surface area contributed by atoms with Gasteiger partial charge in [0.25, 0.3) is 0 Å². The lowest BCUT2D eigenvalue weighted by Crippen LogP contribution is -1.92. The van der Waals surface area contributed by atoms with Crippen LogP contribution in [0, 0.1) is 0 Å². The summed E-state index contributed by atoms with van der Waals surface area (Å²) >= 11 is 0. The summed E-state index contributed by atoms with van der Waals surface area (Å²) in [5.74, 6) is 0. The summed E-state index contributed by atoms with van der Waals surface area (Å²) in [4.78, 5) is 0. The first-order valence-corrected chi connectivity index (χ1v) is 18.1. The molecule has 0 spiro atoms. The molecule has 0 saturated heterocycles. The van der Waals surface area contributed by atoms with E-state index in [0.717, 1.165) is 65.3 Å². The molecule has 0 heteroatoms. The Hall–Kier alpha value is -7.02. The molecule has 0 unspecified atom stereocenters. The minimum Gasteiger partial charge on any atom is -0.0616 e. The lowest BCUT2D eigenvalue weighted by molar-refractivity contribution is 1.62. The highest BCUT2D eigenvalue weighted by Crippen LogP contribution is 2.46. The van der Waals surface area contributed by atoms with Gasteiger partial charge in [-0.15, -0.1) is 0 Å². The van der Waals surface area contributed by atoms with Gasteiger partial charge in [0.2, 0.25) is 0 Å². The van der Waals surface area contributed by atoms with E-state index in [2.05, 4.69) is 54.6 Å². The fourth-order valence-electron chi connectivity index (χ4n) is 8.48. The average molecular weight is 691 g/mol. The van der Waals surface area contributed by atoms with Gasteiger partial charge in [-0.2, -0.15) is 0 Å². The van der Waals surface area contributed by atoms with Crippen LogP contribution in [0.3, 0.4) is 0 Å². The van der Waals surface area contributed by atoms with Crippen LogP contribution in [0.15, 0.2) is 206 Å². The predicted octanol–water partition coefficient (Wildman–Crippen LogP) is 15.3. The Kier molecular flexibility index (Phi) is 5.36. The van der Waals surface area contributed by atoms with Crippen molar-refractivity contribution in [3.05, 3.63) is 206 Å². The Labute approximate surface area is 325 Å². The minimum absolute atomic E-state index is 0.186. The number of fused-ring (bicyclic) bond motifs is 8. The second kappa shape index (κ2) is 12.3. The molecule has 0 bridgehead atoms. The molecule has 250 valence electrons. The van der Waals surface area contributed by atoms with Crippen molar-refractivity contribution in [2.75, 3.05) is 0 Å². The van der Waals surface area contributed by atoms with Gasteiger partial charge < -0.3 is 0 Å². The number of benzene rings is 11. The highest BCUT2D eigenvalue weighted by molar-refractivity contribution is 6.24. The average Bonchev–Trinajstić information content (AvgIpc) is 3.32. The normalized spacial score (nSPS) is 13.8. The fourth-order valence-corrected chi connectivity index (χ4v) is 8.48. The molecule has 0 aliphatic heterocycles. The Morgan fingerprint density at radius 3 is 1.35 bits per heavy atom. The summed E-state index contributed by atoms with van der Waals surface area (Å²) in [6, 6.07) is 49.9. The quantitative estimate of drug-likeness (QED) is 0.127. The van der Waals surface area contributed by atoms with Crippen molar-refractivity contribution in [1.29, 1.82) is 0 Å². The molecule has 0 atom stereocenters. The first-order valence-electron chi connectivity index (χ1n) is 22.1. The zero-order valence-electron chi connectivity index (χ0n) is 37.0. The molecule has 0 nitrogen and oxygen atoms in total. The van der Waals surface area contributed by atoms with Crippen molar-refractivity contribution in [2.24, 2.45) is 0 Å². The summed E-state index contributed by atoms with van der Waals surface area (Å²) in [6.45, 7) is 0. The van der Waals surface area contributed by atoms with Crippen molar-refractivity contribution in [3.63, 3.8) is 0 Å². The van der Waals surface area contributed by atoms with E-state index in [1.54, 1.807) is 0 Å². The molecule has 0 radical (unpaired) electrons. The Morgan fingerprint density at radius 2 is 0.722 bits per heavy atom. The van der Waals surface area contributed by atoms with Gasteiger partial charge in [-0.3, -0.25) is 0 Å². The maximum Gasteiger partial charge on any atom is 0.0629 e. The summed E-state index contributed by atoms with van der Waals surface area (Å²) in [6.07, 6.45) is 0. The Morgan fingerprint density at radius 1 is 0.278 bits per heavy atom. The molecule has 11 aromatic rings. The number of hydrogen-bond donors (Lipinski definition) is 0. The largest absolute Gasteiger partial charge is 0.0629 e. The van der Waals surface area contributed by atoms with Crippen molar-refractivity contribution in [1.82, 2.24) is 0 Å². The lowest BCUT2D eigenvalue weighted by atomic mass is 9.84. The van der Waals surface area contributed by atoms with Crippen molar-refractivity contribution >= 4 is 64.6 Å². The van der Waals surface area contributed by atoms with E-state index in [9.17, 15) is 5.48 Å². The summed E-state index contributed by atoms with van der Waals surface area (Å²) in [7, 11) is 0. The van der Waals surface area contributed by atoms with Gasteiger partial charge in [0, 0.05) is 0 Å². The molecule has 0 fully saturated rings. The highest BCUT2D eigenvalue weighted by atomic mass is 14.2. The number of rotatable bonds is 4. The zero-order valence-corrected chi connectivity index (χ0v) is 29.0. The lowest BCUT2D eigenvalue weighted by Gasteiger charge is -2.19. The van der Waals surface area contributed by atoms with E-state index >= 15 is 0 Å². The molecular formula is C54H34. The molecule has 54 heavy (non-hydrogen) atoms. The van der Waals surface area contributed by atoms with Crippen LogP contribution in [0.25, 0.3) is 109 Å². The van der Waals surface area contributed by atoms with E-state index in [-0.39, 0.29) is 45.7 Å². The molecule has 0 saturated carbocycles. The van der Waals surface area contributed by atoms with Crippen LogP contribution in [0.1, 0.15) is 11.0 Å². The molecular weight excluding hydrogens is 649 g/mol. The highest BCUT2D eigenvalue weighted by Gasteiger charge is 2.18. The van der Waals surface area contributed by atoms with Crippen LogP contribution in [0.4, 0.5) is 0 Å². The molecule has 0 aliphatic carbocycles. The van der Waals surface area contributed by atoms with Crippen molar-refractivity contribution in [3.8, 4) is 44.5 Å². The molecule has 0 amide bonds. The minimum atomic E-state index is -0.428. The van der Waals surface area contributed by atoms with E-state index in [1.165, 1.54) is 0 Å². The Bertz CT molecular complexity index is 3650. The maximum absolute atomic E-state index is 9.54. The van der Waals surface area contributed by atoms with Crippen LogP contribution in [-0.4, -0.2) is 0 Å². The standard InChI is InChI=1S/C54H34/c1-3-21-42-35(14-1)16-13-29-43(42)37-17-11-19-39(32-37)53-47-25-7-9-27-49(47)54(50-28-10-8-26-48(50)53)40-20-12-18-38(33-40)51-34-41-31-30-36-15-2-4-22-44(36)52(41)46-24-6-5-23-45(46)51/h1-34H/i7D,8D,9D,10D,25D,26D,27D,28D. The van der Waals surface area contributed by atoms with Gasteiger partial charge in [-0.05, 0) is 127 Å². The molecule has 11 aromatic carbocycles. The topological polar surface area (TPSA) is 0 Å². The van der Waals surface area contributed by atoms with Gasteiger partial charge in [-0.25, -0.2) is 0 Å². The summed E-state index contributed by atoms with van der Waals surface area (Å²) in [5.41, 5.74) is 5.40. The summed E-state index contributed by atoms with van der Waals surface area (Å²) in [5, 5.41) is 9.50. The molecule has 0 aliphatic rings. The maximum atomic E-state index is 9.54. The van der Waals surface area contributed by atoms with Gasteiger partial charge >= 0.3 is 0 Å². The van der Waals surface area contributed by atoms with Gasteiger partial charge in [0.15, 0.2) is 0 Å².